The van der Waals surface area contributed by atoms with Crippen molar-refractivity contribution in [2.24, 2.45) is 11.8 Å². The Labute approximate surface area is 394 Å². The second-order valence-corrected chi connectivity index (χ2v) is 19.3. The zero-order valence-electron chi connectivity index (χ0n) is 39.2. The van der Waals surface area contributed by atoms with E-state index in [0.29, 0.717) is 49.3 Å². The lowest BCUT2D eigenvalue weighted by Gasteiger charge is -2.32. The number of aromatic amines is 2. The van der Waals surface area contributed by atoms with E-state index in [9.17, 15) is 24.3 Å². The van der Waals surface area contributed by atoms with Crippen LogP contribution in [0.25, 0.3) is 44.2 Å². The van der Waals surface area contributed by atoms with Crippen molar-refractivity contribution in [3.63, 3.8) is 0 Å². The molecule has 1 aliphatic carbocycles. The van der Waals surface area contributed by atoms with Gasteiger partial charge in [-0.2, -0.15) is 0 Å². The summed E-state index contributed by atoms with van der Waals surface area (Å²) in [5.74, 6) is 1.92. The fraction of sp³-hybridized carbons (Fsp3) is 0.423. The van der Waals surface area contributed by atoms with E-state index in [2.05, 4.69) is 51.7 Å². The summed E-state index contributed by atoms with van der Waals surface area (Å²) < 4.78 is 17.0. The molecule has 0 unspecified atom stereocenters. The van der Waals surface area contributed by atoms with Gasteiger partial charge in [0.15, 0.2) is 0 Å². The lowest BCUT2D eigenvalue weighted by Crippen LogP contribution is -2.52. The van der Waals surface area contributed by atoms with Gasteiger partial charge in [0, 0.05) is 60.8 Å². The van der Waals surface area contributed by atoms with Gasteiger partial charge in [0.25, 0.3) is 5.91 Å². The zero-order valence-corrected chi connectivity index (χ0v) is 39.2. The molecule has 4 aromatic carbocycles. The Hall–Kier alpha value is -6.94. The molecule has 0 spiro atoms. The molecule has 354 valence electrons. The summed E-state index contributed by atoms with van der Waals surface area (Å²) in [5, 5.41) is 14.8. The molecule has 4 aliphatic rings. The summed E-state index contributed by atoms with van der Waals surface area (Å²) in [6, 6.07) is 21.3. The number of rotatable bonds is 12. The first-order chi connectivity index (χ1) is 32.8. The number of hydrogen-bond acceptors (Lipinski definition) is 9. The number of fused-ring (bicyclic) bond motifs is 6. The summed E-state index contributed by atoms with van der Waals surface area (Å²) in [6.07, 6.45) is 2.42. The number of amides is 4. The maximum atomic E-state index is 14.6. The van der Waals surface area contributed by atoms with Crippen LogP contribution in [0.15, 0.2) is 72.8 Å². The number of nitrogens with zero attached hydrogens (tertiary/aromatic N) is 5. The smallest absolute Gasteiger partial charge is 0.407 e. The number of alkyl carbamates (subject to hydrolysis) is 1. The van der Waals surface area contributed by atoms with Crippen molar-refractivity contribution in [1.29, 1.82) is 0 Å². The van der Waals surface area contributed by atoms with Crippen LogP contribution in [-0.4, -0.2) is 110 Å². The van der Waals surface area contributed by atoms with Crippen molar-refractivity contribution in [1.82, 2.24) is 40.0 Å². The van der Waals surface area contributed by atoms with Gasteiger partial charge in [-0.1, -0.05) is 62.4 Å². The van der Waals surface area contributed by atoms with Crippen LogP contribution in [0, 0.1) is 11.8 Å². The predicted octanol–water partition coefficient (Wildman–Crippen LogP) is 8.86. The summed E-state index contributed by atoms with van der Waals surface area (Å²) in [4.78, 5) is 75.6. The molecule has 2 saturated heterocycles. The van der Waals surface area contributed by atoms with Gasteiger partial charge in [0.05, 0.1) is 42.5 Å². The number of likely N-dealkylation sites (tertiary alicyclic amines) is 2. The lowest BCUT2D eigenvalue weighted by atomic mass is 9.92. The molecular weight excluding hydrogens is 865 g/mol. The Morgan fingerprint density at radius 1 is 0.912 bits per heavy atom. The monoisotopic (exact) mass is 922 g/mol. The van der Waals surface area contributed by atoms with Crippen LogP contribution >= 0.6 is 0 Å². The third-order valence-electron chi connectivity index (χ3n) is 14.4. The minimum Gasteiger partial charge on any atom is -0.488 e. The van der Waals surface area contributed by atoms with Crippen LogP contribution in [-0.2, 0) is 25.7 Å². The quantitative estimate of drug-likeness (QED) is 0.0921. The predicted molar refractivity (Wildman–Crippen MR) is 255 cm³/mol. The van der Waals surface area contributed by atoms with E-state index >= 15 is 0 Å². The highest BCUT2D eigenvalue weighted by atomic mass is 16.5. The molecule has 3 aliphatic heterocycles. The molecule has 1 saturated carbocycles. The molecule has 2 aromatic heterocycles. The number of methoxy groups -OCH3 is 2. The van der Waals surface area contributed by atoms with E-state index in [0.717, 1.165) is 91.8 Å². The highest BCUT2D eigenvalue weighted by Crippen LogP contribution is 2.48. The van der Waals surface area contributed by atoms with Gasteiger partial charge >= 0.3 is 12.2 Å². The number of hydrogen-bond donors (Lipinski definition) is 4. The second kappa shape index (κ2) is 17.9. The van der Waals surface area contributed by atoms with Crippen LogP contribution in [0.3, 0.4) is 0 Å². The Morgan fingerprint density at radius 2 is 1.69 bits per heavy atom. The van der Waals surface area contributed by atoms with E-state index in [4.69, 9.17) is 24.2 Å². The topological polar surface area (TPSA) is 195 Å². The molecule has 68 heavy (non-hydrogen) atoms. The number of carbonyl (C=O) groups is 4. The summed E-state index contributed by atoms with van der Waals surface area (Å²) in [6.45, 7) is 7.08. The van der Waals surface area contributed by atoms with Crippen molar-refractivity contribution in [3.05, 3.63) is 101 Å². The SMILES string of the molecule is COC[C@H]1C[C@@H](c2nc(-c3ccc4c(c3)COc3cc5c(ccc6[nH]c([C@@H]7CC[C@H](C)N7C(=O)[C@@H](NC(=O)OC)C(C)C)nc65)cc3-4)c(C3CC3)[nH]2)N(C(=O)[C@@H](c2ccccc2)N(C)C(=O)O)C1. The first-order valence-corrected chi connectivity index (χ1v) is 23.6. The van der Waals surface area contributed by atoms with Gasteiger partial charge in [0.1, 0.15) is 36.1 Å². The zero-order chi connectivity index (χ0) is 47.5. The lowest BCUT2D eigenvalue weighted by molar-refractivity contribution is -0.138. The summed E-state index contributed by atoms with van der Waals surface area (Å²) in [7, 11) is 4.39. The number of aromatic nitrogens is 4. The van der Waals surface area contributed by atoms with Gasteiger partial charge < -0.3 is 44.4 Å². The number of H-pyrrole nitrogens is 2. The highest BCUT2D eigenvalue weighted by Gasteiger charge is 2.44. The Bertz CT molecular complexity index is 2930. The van der Waals surface area contributed by atoms with Crippen LogP contribution in [0.4, 0.5) is 9.59 Å². The van der Waals surface area contributed by atoms with Crippen molar-refractivity contribution >= 4 is 45.8 Å². The average Bonchev–Trinajstić information content (AvgIpc) is 3.62. The maximum absolute atomic E-state index is 14.6. The Balaban J connectivity index is 0.951. The minimum absolute atomic E-state index is 0.0376. The van der Waals surface area contributed by atoms with E-state index in [-0.39, 0.29) is 35.7 Å². The van der Waals surface area contributed by atoms with Crippen LogP contribution in [0.1, 0.15) is 105 Å². The molecule has 0 radical (unpaired) electrons. The number of carbonyl (C=O) groups excluding carboxylic acids is 3. The van der Waals surface area contributed by atoms with Crippen LogP contribution in [0.2, 0.25) is 0 Å². The van der Waals surface area contributed by atoms with Crippen molar-refractivity contribution < 1.29 is 38.5 Å². The third kappa shape index (κ3) is 8.07. The third-order valence-corrected chi connectivity index (χ3v) is 14.4. The number of nitrogens with one attached hydrogen (secondary N) is 3. The number of imidazole rings is 2. The molecular formula is C52H58N8O8. The van der Waals surface area contributed by atoms with Crippen LogP contribution in [0.5, 0.6) is 5.75 Å². The minimum atomic E-state index is -1.19. The van der Waals surface area contributed by atoms with E-state index in [1.807, 2.05) is 49.9 Å². The molecule has 10 rings (SSSR count). The largest absolute Gasteiger partial charge is 0.488 e. The molecule has 5 heterocycles. The fourth-order valence-electron chi connectivity index (χ4n) is 10.8. The number of ether oxygens (including phenoxy) is 3. The normalized spacial score (nSPS) is 20.8. The number of benzene rings is 4. The standard InChI is InChI=1S/C52H58N8O8/c1-27(2)42(57-51(63)67-6)49(61)60-28(3)12-19-39(60)47-53-38-18-16-32-22-37-35-17-15-33(21-34(35)26-68-41(37)23-36(32)45(38)56-47)44-43(30-13-14-30)54-48(55-44)40-20-29(25-66-5)24-59(40)50(62)46(58(4)52(64)65)31-10-8-7-9-11-31/h7-11,15-18,21-23,27-30,39-40,42,46H,12-14,19-20,24-26H2,1-6H3,(H,53,56)(H,54,55)(H,57,63)(H,64,65)/t28-,29-,39-,40-,42-,46+/m0/s1. The Morgan fingerprint density at radius 3 is 2.41 bits per heavy atom. The first kappa shape index (κ1) is 44.9. The molecule has 6 atom stereocenters. The van der Waals surface area contributed by atoms with Crippen molar-refractivity contribution in [2.45, 2.75) is 95.6 Å². The number of carboxylic acid groups (broad SMARTS) is 1. The molecule has 3 fully saturated rings. The van der Waals surface area contributed by atoms with E-state index in [1.54, 1.807) is 24.1 Å². The average molecular weight is 923 g/mol. The summed E-state index contributed by atoms with van der Waals surface area (Å²) >= 11 is 0. The van der Waals surface area contributed by atoms with Gasteiger partial charge in [-0.25, -0.2) is 19.6 Å². The van der Waals surface area contributed by atoms with E-state index < -0.39 is 30.3 Å². The molecule has 4 amide bonds. The highest BCUT2D eigenvalue weighted by molar-refractivity contribution is 6.07. The summed E-state index contributed by atoms with van der Waals surface area (Å²) in [5.41, 5.74) is 8.21. The van der Waals surface area contributed by atoms with Crippen LogP contribution < -0.4 is 10.1 Å². The molecule has 4 N–H and O–H groups in total. The van der Waals surface area contributed by atoms with E-state index in [1.165, 1.54) is 14.2 Å². The molecule has 16 heteroatoms. The van der Waals surface area contributed by atoms with Gasteiger partial charge in [-0.3, -0.25) is 14.5 Å². The maximum Gasteiger partial charge on any atom is 0.407 e. The molecule has 0 bridgehead atoms. The van der Waals surface area contributed by atoms with Gasteiger partial charge in [-0.15, -0.1) is 0 Å². The van der Waals surface area contributed by atoms with Crippen molar-refractivity contribution in [3.8, 4) is 28.1 Å². The molecule has 6 aromatic rings. The van der Waals surface area contributed by atoms with Crippen molar-refractivity contribution in [2.75, 3.05) is 34.4 Å². The second-order valence-electron chi connectivity index (χ2n) is 19.3. The van der Waals surface area contributed by atoms with Gasteiger partial charge in [-0.05, 0) is 91.3 Å². The number of likely N-dealkylation sites (N-methyl/N-ethyl adjacent to an activating group) is 1. The first-order valence-electron chi connectivity index (χ1n) is 23.6. The van der Waals surface area contributed by atoms with Gasteiger partial charge in [0.2, 0.25) is 5.91 Å². The Kier molecular flexibility index (Phi) is 11.8. The fourth-order valence-corrected chi connectivity index (χ4v) is 10.8. The molecule has 16 nitrogen and oxygen atoms in total.